The van der Waals surface area contributed by atoms with Gasteiger partial charge in [-0.25, -0.2) is 0 Å². The number of benzene rings is 2. The molecule has 0 fully saturated rings. The van der Waals surface area contributed by atoms with E-state index >= 15 is 0 Å². The zero-order valence-electron chi connectivity index (χ0n) is 14.9. The Balaban J connectivity index is 2.30. The molecule has 0 aliphatic heterocycles. The Bertz CT molecular complexity index is 848. The van der Waals surface area contributed by atoms with Gasteiger partial charge >= 0.3 is 0 Å². The van der Waals surface area contributed by atoms with Gasteiger partial charge in [0.1, 0.15) is 0 Å². The van der Waals surface area contributed by atoms with Gasteiger partial charge in [-0.05, 0) is 38.5 Å². The number of nitrogens with one attached hydrogen (secondary N) is 2. The Hall–Kier alpha value is -3.22. The number of hydrogen-bond donors (Lipinski definition) is 2. The van der Waals surface area contributed by atoms with Crippen molar-refractivity contribution in [2.24, 2.45) is 0 Å². The second-order valence-electron chi connectivity index (χ2n) is 5.99. The molecule has 2 aromatic rings. The van der Waals surface area contributed by atoms with Crippen LogP contribution in [0.1, 0.15) is 46.5 Å². The molecule has 1 atom stereocenters. The van der Waals surface area contributed by atoms with E-state index in [1.807, 2.05) is 13.8 Å². The average Bonchev–Trinajstić information content (AvgIpc) is 2.61. The molecule has 2 aromatic carbocycles. The minimum atomic E-state index is -0.528. The van der Waals surface area contributed by atoms with Crippen LogP contribution in [0.5, 0.6) is 0 Å². The predicted molar refractivity (Wildman–Crippen MR) is 99.4 cm³/mol. The van der Waals surface area contributed by atoms with Crippen LogP contribution in [-0.4, -0.2) is 22.8 Å². The molecule has 0 saturated carbocycles. The van der Waals surface area contributed by atoms with Gasteiger partial charge in [0, 0.05) is 23.2 Å². The Kier molecular flexibility index (Phi) is 6.06. The molecule has 26 heavy (non-hydrogen) atoms. The first kappa shape index (κ1) is 19.1. The van der Waals surface area contributed by atoms with Crippen LogP contribution in [0.25, 0.3) is 0 Å². The fourth-order valence-corrected chi connectivity index (χ4v) is 2.45. The van der Waals surface area contributed by atoms with Gasteiger partial charge in [0.05, 0.1) is 16.2 Å². The SMILES string of the molecule is CC[C@@H](C)NC(=O)c1ccccc1NC(=O)c1cccc([N+](=O)[O-])c1C. The van der Waals surface area contributed by atoms with Crippen LogP contribution in [0.15, 0.2) is 42.5 Å². The molecule has 0 unspecified atom stereocenters. The van der Waals surface area contributed by atoms with E-state index in [1.165, 1.54) is 25.1 Å². The maximum absolute atomic E-state index is 12.6. The van der Waals surface area contributed by atoms with E-state index in [-0.39, 0.29) is 28.8 Å². The molecule has 0 aliphatic rings. The second-order valence-corrected chi connectivity index (χ2v) is 5.99. The quantitative estimate of drug-likeness (QED) is 0.609. The van der Waals surface area contributed by atoms with Gasteiger partial charge in [-0.1, -0.05) is 25.1 Å². The van der Waals surface area contributed by atoms with Gasteiger partial charge in [-0.3, -0.25) is 19.7 Å². The first-order valence-corrected chi connectivity index (χ1v) is 8.30. The lowest BCUT2D eigenvalue weighted by molar-refractivity contribution is -0.385. The smallest absolute Gasteiger partial charge is 0.273 e. The number of amides is 2. The van der Waals surface area contributed by atoms with Crippen molar-refractivity contribution in [1.82, 2.24) is 5.32 Å². The van der Waals surface area contributed by atoms with Gasteiger partial charge in [0.25, 0.3) is 17.5 Å². The number of carbonyl (C=O) groups excluding carboxylic acids is 2. The van der Waals surface area contributed by atoms with Crippen LogP contribution in [0.2, 0.25) is 0 Å². The van der Waals surface area contributed by atoms with Crippen LogP contribution in [0, 0.1) is 17.0 Å². The minimum Gasteiger partial charge on any atom is -0.350 e. The molecule has 0 aliphatic carbocycles. The van der Waals surface area contributed by atoms with Gasteiger partial charge in [0.2, 0.25) is 0 Å². The summed E-state index contributed by atoms with van der Waals surface area (Å²) in [7, 11) is 0. The third-order valence-corrected chi connectivity index (χ3v) is 4.16. The molecule has 7 nitrogen and oxygen atoms in total. The molecule has 0 saturated heterocycles. The summed E-state index contributed by atoms with van der Waals surface area (Å²) >= 11 is 0. The predicted octanol–water partition coefficient (Wildman–Crippen LogP) is 3.68. The monoisotopic (exact) mass is 355 g/mol. The summed E-state index contributed by atoms with van der Waals surface area (Å²) in [6, 6.07) is 11.0. The van der Waals surface area contributed by atoms with Crippen molar-refractivity contribution < 1.29 is 14.5 Å². The summed E-state index contributed by atoms with van der Waals surface area (Å²) in [5.74, 6) is -0.791. The lowest BCUT2D eigenvalue weighted by Crippen LogP contribution is -2.32. The van der Waals surface area contributed by atoms with E-state index in [2.05, 4.69) is 10.6 Å². The number of rotatable bonds is 6. The Morgan fingerprint density at radius 1 is 1.08 bits per heavy atom. The normalized spacial score (nSPS) is 11.5. The van der Waals surface area contributed by atoms with Crippen LogP contribution >= 0.6 is 0 Å². The summed E-state index contributed by atoms with van der Waals surface area (Å²) in [6.07, 6.45) is 0.785. The van der Waals surface area contributed by atoms with Crippen LogP contribution in [-0.2, 0) is 0 Å². The summed E-state index contributed by atoms with van der Waals surface area (Å²) in [4.78, 5) is 35.5. The maximum Gasteiger partial charge on any atom is 0.273 e. The van der Waals surface area contributed by atoms with Crippen molar-refractivity contribution in [2.75, 3.05) is 5.32 Å². The molecule has 0 radical (unpaired) electrons. The number of para-hydroxylation sites is 1. The third-order valence-electron chi connectivity index (χ3n) is 4.16. The van der Waals surface area contributed by atoms with E-state index < -0.39 is 10.8 Å². The van der Waals surface area contributed by atoms with Gasteiger partial charge in [0.15, 0.2) is 0 Å². The van der Waals surface area contributed by atoms with Crippen LogP contribution in [0.3, 0.4) is 0 Å². The highest BCUT2D eigenvalue weighted by Crippen LogP contribution is 2.23. The van der Waals surface area contributed by atoms with Crippen molar-refractivity contribution in [3.63, 3.8) is 0 Å². The summed E-state index contributed by atoms with van der Waals surface area (Å²) in [5.41, 5.74) is 1.03. The topological polar surface area (TPSA) is 101 Å². The molecule has 0 bridgehead atoms. The van der Waals surface area contributed by atoms with Crippen molar-refractivity contribution in [3.05, 3.63) is 69.3 Å². The highest BCUT2D eigenvalue weighted by Gasteiger charge is 2.20. The molecule has 2 rings (SSSR count). The lowest BCUT2D eigenvalue weighted by atomic mass is 10.1. The second kappa shape index (κ2) is 8.24. The lowest BCUT2D eigenvalue weighted by Gasteiger charge is -2.15. The number of anilines is 1. The zero-order chi connectivity index (χ0) is 19.3. The van der Waals surface area contributed by atoms with Crippen molar-refractivity contribution in [3.8, 4) is 0 Å². The number of hydrogen-bond acceptors (Lipinski definition) is 4. The number of carbonyl (C=O) groups is 2. The van der Waals surface area contributed by atoms with Gasteiger partial charge in [-0.2, -0.15) is 0 Å². The Morgan fingerprint density at radius 3 is 2.38 bits per heavy atom. The van der Waals surface area contributed by atoms with E-state index in [4.69, 9.17) is 0 Å². The first-order valence-electron chi connectivity index (χ1n) is 8.30. The fourth-order valence-electron chi connectivity index (χ4n) is 2.45. The van der Waals surface area contributed by atoms with Crippen molar-refractivity contribution in [2.45, 2.75) is 33.2 Å². The summed E-state index contributed by atoms with van der Waals surface area (Å²) in [6.45, 7) is 5.38. The van der Waals surface area contributed by atoms with Gasteiger partial charge in [-0.15, -0.1) is 0 Å². The first-order chi connectivity index (χ1) is 12.3. The molecule has 0 heterocycles. The van der Waals surface area contributed by atoms with E-state index in [0.29, 0.717) is 11.3 Å². The fraction of sp³-hybridized carbons (Fsp3) is 0.263. The highest BCUT2D eigenvalue weighted by atomic mass is 16.6. The summed E-state index contributed by atoms with van der Waals surface area (Å²) in [5, 5.41) is 16.6. The van der Waals surface area contributed by atoms with E-state index in [0.717, 1.165) is 6.42 Å². The maximum atomic E-state index is 12.6. The molecule has 2 amide bonds. The third kappa shape index (κ3) is 4.24. The van der Waals surface area contributed by atoms with Crippen LogP contribution in [0.4, 0.5) is 11.4 Å². The van der Waals surface area contributed by atoms with E-state index in [9.17, 15) is 19.7 Å². The molecule has 0 aromatic heterocycles. The molecule has 136 valence electrons. The highest BCUT2D eigenvalue weighted by molar-refractivity contribution is 6.10. The Morgan fingerprint density at radius 2 is 1.73 bits per heavy atom. The largest absolute Gasteiger partial charge is 0.350 e. The molecular weight excluding hydrogens is 334 g/mol. The number of nitro groups is 1. The number of nitrogens with zero attached hydrogens (tertiary/aromatic N) is 1. The molecule has 7 heteroatoms. The van der Waals surface area contributed by atoms with Gasteiger partial charge < -0.3 is 10.6 Å². The van der Waals surface area contributed by atoms with Crippen molar-refractivity contribution in [1.29, 1.82) is 0 Å². The average molecular weight is 355 g/mol. The van der Waals surface area contributed by atoms with Crippen LogP contribution < -0.4 is 10.6 Å². The molecule has 2 N–H and O–H groups in total. The molecular formula is C19H21N3O4. The summed E-state index contributed by atoms with van der Waals surface area (Å²) < 4.78 is 0. The number of nitro benzene ring substituents is 1. The Labute approximate surface area is 151 Å². The van der Waals surface area contributed by atoms with E-state index in [1.54, 1.807) is 24.3 Å². The minimum absolute atomic E-state index is 0.00488. The zero-order valence-corrected chi connectivity index (χ0v) is 14.9. The molecule has 0 spiro atoms. The standard InChI is InChI=1S/C19H21N3O4/c1-4-12(2)20-19(24)15-8-5-6-10-16(15)21-18(23)14-9-7-11-17(13(14)3)22(25)26/h5-12H,4H2,1-3H3,(H,20,24)(H,21,23)/t12-/m1/s1. The van der Waals surface area contributed by atoms with Crippen molar-refractivity contribution >= 4 is 23.2 Å².